The first-order chi connectivity index (χ1) is 15.3. The highest BCUT2D eigenvalue weighted by Crippen LogP contribution is 2.48. The summed E-state index contributed by atoms with van der Waals surface area (Å²) in [6, 6.07) is 6.18. The van der Waals surface area contributed by atoms with Crippen molar-refractivity contribution in [1.29, 1.82) is 0 Å². The number of hydrogen-bond donors (Lipinski definition) is 0. The van der Waals surface area contributed by atoms with Crippen molar-refractivity contribution in [3.63, 3.8) is 0 Å². The zero-order valence-corrected chi connectivity index (χ0v) is 18.8. The fourth-order valence-electron chi connectivity index (χ4n) is 3.14. The van der Waals surface area contributed by atoms with E-state index in [0.29, 0.717) is 39.7 Å². The molecular weight excluding hydrogens is 445 g/mol. The normalized spacial score (nSPS) is 11.1. The number of phosphoric acid groups is 1. The summed E-state index contributed by atoms with van der Waals surface area (Å²) in [6.45, 7) is 0. The number of nitrogens with zero attached hydrogens (tertiary/aromatic N) is 1. The van der Waals surface area contributed by atoms with Crippen LogP contribution in [0.4, 0.5) is 0 Å². The van der Waals surface area contributed by atoms with E-state index in [4.69, 9.17) is 28.2 Å². The summed E-state index contributed by atoms with van der Waals surface area (Å²) in [5, 5.41) is 3.85. The molecule has 11 nitrogen and oxygen atoms in total. The maximum absolute atomic E-state index is 11.2. The third kappa shape index (κ3) is 4.59. The van der Waals surface area contributed by atoms with E-state index in [0.717, 1.165) is 0 Å². The molecule has 0 aliphatic rings. The minimum absolute atomic E-state index is 0.0611. The van der Waals surface area contributed by atoms with Gasteiger partial charge in [0.2, 0.25) is 11.5 Å². The number of methoxy groups -OCH3 is 5. The van der Waals surface area contributed by atoms with Crippen LogP contribution < -0.4 is 38.0 Å². The molecule has 0 fully saturated rings. The highest BCUT2D eigenvalue weighted by Gasteiger charge is 2.22. The van der Waals surface area contributed by atoms with Crippen molar-refractivity contribution < 1.29 is 47.1 Å². The van der Waals surface area contributed by atoms with Crippen LogP contribution in [0.2, 0.25) is 0 Å². The molecule has 0 saturated carbocycles. The molecule has 32 heavy (non-hydrogen) atoms. The molecule has 0 amide bonds. The molecule has 1 heterocycles. The second-order valence-electron chi connectivity index (χ2n) is 6.23. The van der Waals surface area contributed by atoms with Crippen molar-refractivity contribution in [2.75, 3.05) is 35.5 Å². The van der Waals surface area contributed by atoms with E-state index in [2.05, 4.69) is 9.68 Å². The zero-order valence-electron chi connectivity index (χ0n) is 17.9. The van der Waals surface area contributed by atoms with Crippen LogP contribution in [0.5, 0.6) is 34.5 Å². The van der Waals surface area contributed by atoms with Crippen LogP contribution >= 0.6 is 7.82 Å². The lowest BCUT2D eigenvalue weighted by atomic mass is 10.0. The topological polar surface area (TPSA) is 145 Å². The van der Waals surface area contributed by atoms with Gasteiger partial charge in [0, 0.05) is 11.1 Å². The SMILES string of the molecule is COc1cc(-c2oncc2-c2cc(OC)c(OC)c(OP(=O)([O-])[O-])c2)cc(OC)c1OC. The highest BCUT2D eigenvalue weighted by molar-refractivity contribution is 7.43. The third-order valence-corrected chi connectivity index (χ3v) is 4.88. The largest absolute Gasteiger partial charge is 0.780 e. The monoisotopic (exact) mass is 465 g/mol. The van der Waals surface area contributed by atoms with Gasteiger partial charge in [0.15, 0.2) is 28.8 Å². The third-order valence-electron chi connectivity index (χ3n) is 4.46. The van der Waals surface area contributed by atoms with E-state index in [1.165, 1.54) is 47.8 Å². The van der Waals surface area contributed by atoms with Gasteiger partial charge >= 0.3 is 0 Å². The maximum atomic E-state index is 11.2. The summed E-state index contributed by atoms with van der Waals surface area (Å²) < 4.78 is 47.8. The lowest BCUT2D eigenvalue weighted by molar-refractivity contribution is -0.333. The summed E-state index contributed by atoms with van der Waals surface area (Å²) in [4.78, 5) is 22.5. The number of hydrogen-bond acceptors (Lipinski definition) is 11. The molecule has 0 unspecified atom stereocenters. The summed E-state index contributed by atoms with van der Waals surface area (Å²) in [7, 11) is 1.70. The van der Waals surface area contributed by atoms with Gasteiger partial charge < -0.3 is 47.1 Å². The molecule has 0 saturated heterocycles. The van der Waals surface area contributed by atoms with Crippen LogP contribution in [0, 0.1) is 0 Å². The highest BCUT2D eigenvalue weighted by atomic mass is 31.2. The van der Waals surface area contributed by atoms with Gasteiger partial charge in [0.1, 0.15) is 7.82 Å². The lowest BCUT2D eigenvalue weighted by Crippen LogP contribution is -2.19. The average Bonchev–Trinajstić information content (AvgIpc) is 3.26. The Morgan fingerprint density at radius 3 is 1.69 bits per heavy atom. The standard InChI is InChI=1S/C20H22NO10P/c1-25-14-6-11(7-17(20(14)29-5)31-32(22,23)24)13-10-21-30-18(13)12-8-15(26-2)19(28-4)16(9-12)27-3/h6-10H,1-5H3,(H2,22,23,24)/p-2. The molecule has 0 radical (unpaired) electrons. The Balaban J connectivity index is 2.20. The van der Waals surface area contributed by atoms with E-state index in [-0.39, 0.29) is 17.2 Å². The predicted octanol–water partition coefficient (Wildman–Crippen LogP) is 2.26. The first-order valence-electron chi connectivity index (χ1n) is 8.99. The molecule has 0 N–H and O–H groups in total. The van der Waals surface area contributed by atoms with E-state index in [1.807, 2.05) is 0 Å². The van der Waals surface area contributed by atoms with Crippen LogP contribution in [0.1, 0.15) is 0 Å². The van der Waals surface area contributed by atoms with E-state index in [1.54, 1.807) is 18.2 Å². The number of benzene rings is 2. The minimum Gasteiger partial charge on any atom is -0.780 e. The number of phosphoric ester groups is 1. The van der Waals surface area contributed by atoms with Gasteiger partial charge in [-0.25, -0.2) is 0 Å². The first-order valence-corrected chi connectivity index (χ1v) is 10.4. The summed E-state index contributed by atoms with van der Waals surface area (Å²) in [5.74, 6) is 1.20. The van der Waals surface area contributed by atoms with Crippen LogP contribution in [0.15, 0.2) is 35.0 Å². The van der Waals surface area contributed by atoms with Crippen molar-refractivity contribution in [3.8, 4) is 56.9 Å². The Morgan fingerprint density at radius 2 is 1.22 bits per heavy atom. The quantitative estimate of drug-likeness (QED) is 0.429. The van der Waals surface area contributed by atoms with Crippen molar-refractivity contribution >= 4 is 7.82 Å². The minimum atomic E-state index is -5.38. The molecule has 0 aliphatic heterocycles. The molecular formula is C20H20NO10P-2. The van der Waals surface area contributed by atoms with E-state index >= 15 is 0 Å². The molecule has 3 aromatic rings. The predicted molar refractivity (Wildman–Crippen MR) is 108 cm³/mol. The summed E-state index contributed by atoms with van der Waals surface area (Å²) >= 11 is 0. The fourth-order valence-corrected chi connectivity index (χ4v) is 3.52. The maximum Gasteiger partial charge on any atom is 0.203 e. The second kappa shape index (κ2) is 9.39. The lowest BCUT2D eigenvalue weighted by Gasteiger charge is -2.30. The number of rotatable bonds is 9. The number of ether oxygens (including phenoxy) is 5. The second-order valence-corrected chi connectivity index (χ2v) is 7.31. The van der Waals surface area contributed by atoms with Gasteiger partial charge in [-0.2, -0.15) is 0 Å². The van der Waals surface area contributed by atoms with Gasteiger partial charge in [-0.15, -0.1) is 0 Å². The van der Waals surface area contributed by atoms with Crippen molar-refractivity contribution in [1.82, 2.24) is 5.16 Å². The van der Waals surface area contributed by atoms with Crippen LogP contribution in [0.3, 0.4) is 0 Å². The molecule has 172 valence electrons. The average molecular weight is 465 g/mol. The van der Waals surface area contributed by atoms with Crippen LogP contribution in [-0.2, 0) is 4.57 Å². The molecule has 2 aromatic carbocycles. The van der Waals surface area contributed by atoms with Gasteiger partial charge in [0.05, 0.1) is 41.7 Å². The Bertz CT molecular complexity index is 1130. The molecule has 0 atom stereocenters. The first kappa shape index (κ1) is 23.3. The summed E-state index contributed by atoms with van der Waals surface area (Å²) in [6.07, 6.45) is 1.41. The van der Waals surface area contributed by atoms with Crippen molar-refractivity contribution in [3.05, 3.63) is 30.5 Å². The molecule has 0 aliphatic carbocycles. The smallest absolute Gasteiger partial charge is 0.203 e. The number of aromatic nitrogens is 1. The van der Waals surface area contributed by atoms with Crippen molar-refractivity contribution in [2.24, 2.45) is 0 Å². The van der Waals surface area contributed by atoms with Crippen LogP contribution in [-0.4, -0.2) is 40.7 Å². The zero-order chi connectivity index (χ0) is 23.5. The van der Waals surface area contributed by atoms with Crippen LogP contribution in [0.25, 0.3) is 22.5 Å². The van der Waals surface area contributed by atoms with E-state index in [9.17, 15) is 14.4 Å². The molecule has 0 spiro atoms. The molecule has 3 rings (SSSR count). The molecule has 1 aromatic heterocycles. The van der Waals surface area contributed by atoms with Gasteiger partial charge in [-0.1, -0.05) is 5.16 Å². The van der Waals surface area contributed by atoms with Crippen molar-refractivity contribution in [2.45, 2.75) is 0 Å². The van der Waals surface area contributed by atoms with Gasteiger partial charge in [0.25, 0.3) is 0 Å². The molecule has 12 heteroatoms. The Labute approximate surface area is 183 Å². The van der Waals surface area contributed by atoms with Gasteiger partial charge in [-0.05, 0) is 29.8 Å². The molecule has 0 bridgehead atoms. The Hall–Kier alpha value is -3.40. The van der Waals surface area contributed by atoms with Gasteiger partial charge in [-0.3, -0.25) is 0 Å². The Kier molecular flexibility index (Phi) is 6.83. The van der Waals surface area contributed by atoms with E-state index < -0.39 is 7.82 Å². The fraction of sp³-hybridized carbons (Fsp3) is 0.250. The summed E-state index contributed by atoms with van der Waals surface area (Å²) in [5.41, 5.74) is 1.36. The Morgan fingerprint density at radius 1 is 0.750 bits per heavy atom.